The molecule has 0 bridgehead atoms. The second kappa shape index (κ2) is 5.32. The Kier molecular flexibility index (Phi) is 4.33. The molecule has 3 heteroatoms. The number of rotatable bonds is 4. The fourth-order valence-corrected chi connectivity index (χ4v) is 1.87. The van der Waals surface area contributed by atoms with Crippen molar-refractivity contribution in [2.24, 2.45) is 5.73 Å². The zero-order valence-electron chi connectivity index (χ0n) is 10.4. The maximum absolute atomic E-state index is 9.76. The van der Waals surface area contributed by atoms with Gasteiger partial charge >= 0.3 is 0 Å². The van der Waals surface area contributed by atoms with Gasteiger partial charge in [-0.3, -0.25) is 0 Å². The van der Waals surface area contributed by atoms with Gasteiger partial charge in [-0.05, 0) is 41.7 Å². The summed E-state index contributed by atoms with van der Waals surface area (Å²) in [6.45, 7) is 6.44. The molecule has 1 aromatic carbocycles. The van der Waals surface area contributed by atoms with Crippen LogP contribution >= 0.6 is 0 Å². The van der Waals surface area contributed by atoms with E-state index in [0.717, 1.165) is 22.4 Å². The fourth-order valence-electron chi connectivity index (χ4n) is 1.87. The average molecular weight is 223 g/mol. The number of aryl methyl sites for hydroxylation is 1. The minimum Gasteiger partial charge on any atom is -0.496 e. The number of benzene rings is 1. The van der Waals surface area contributed by atoms with Crippen LogP contribution in [0.2, 0.25) is 0 Å². The van der Waals surface area contributed by atoms with Gasteiger partial charge < -0.3 is 15.6 Å². The molecule has 16 heavy (non-hydrogen) atoms. The van der Waals surface area contributed by atoms with E-state index >= 15 is 0 Å². The highest BCUT2D eigenvalue weighted by Gasteiger charge is 2.14. The molecule has 0 aliphatic heterocycles. The van der Waals surface area contributed by atoms with Gasteiger partial charge in [-0.2, -0.15) is 0 Å². The summed E-state index contributed by atoms with van der Waals surface area (Å²) >= 11 is 0. The minimum absolute atomic E-state index is 0.239. The molecule has 0 amide bonds. The number of hydrogen-bond donors (Lipinski definition) is 2. The van der Waals surface area contributed by atoms with E-state index in [0.29, 0.717) is 5.92 Å². The zero-order chi connectivity index (χ0) is 12.3. The summed E-state index contributed by atoms with van der Waals surface area (Å²) in [7, 11) is 1.67. The molecule has 0 fully saturated rings. The second-order valence-electron chi connectivity index (χ2n) is 4.37. The van der Waals surface area contributed by atoms with Gasteiger partial charge in [0.2, 0.25) is 0 Å². The van der Waals surface area contributed by atoms with Gasteiger partial charge in [-0.1, -0.05) is 13.8 Å². The maximum Gasteiger partial charge on any atom is 0.125 e. The Bertz CT molecular complexity index is 361. The van der Waals surface area contributed by atoms with Crippen molar-refractivity contribution in [1.82, 2.24) is 0 Å². The predicted molar refractivity (Wildman–Crippen MR) is 65.8 cm³/mol. The third-order valence-electron chi connectivity index (χ3n) is 2.76. The molecule has 90 valence electrons. The molecule has 0 saturated carbocycles. The summed E-state index contributed by atoms with van der Waals surface area (Å²) in [5, 5.41) is 9.76. The Balaban J connectivity index is 3.28. The van der Waals surface area contributed by atoms with Crippen LogP contribution in [-0.2, 0) is 0 Å². The smallest absolute Gasteiger partial charge is 0.125 e. The first-order chi connectivity index (χ1) is 7.51. The van der Waals surface area contributed by atoms with E-state index in [9.17, 15) is 5.11 Å². The third-order valence-corrected chi connectivity index (χ3v) is 2.76. The van der Waals surface area contributed by atoms with Gasteiger partial charge in [0.15, 0.2) is 0 Å². The van der Waals surface area contributed by atoms with Crippen molar-refractivity contribution >= 4 is 0 Å². The molecule has 1 aromatic rings. The van der Waals surface area contributed by atoms with Crippen molar-refractivity contribution in [2.45, 2.75) is 32.8 Å². The number of aliphatic hydroxyl groups excluding tert-OH is 1. The number of nitrogens with two attached hydrogens (primary N) is 1. The van der Waals surface area contributed by atoms with Gasteiger partial charge in [0.25, 0.3) is 0 Å². The number of ether oxygens (including phenoxy) is 1. The Morgan fingerprint density at radius 3 is 2.44 bits per heavy atom. The van der Waals surface area contributed by atoms with E-state index in [1.54, 1.807) is 7.11 Å². The fraction of sp³-hybridized carbons (Fsp3) is 0.538. The molecule has 0 aromatic heterocycles. The van der Waals surface area contributed by atoms with Crippen LogP contribution in [0.4, 0.5) is 0 Å². The topological polar surface area (TPSA) is 55.5 Å². The summed E-state index contributed by atoms with van der Waals surface area (Å²) in [4.78, 5) is 0. The summed E-state index contributed by atoms with van der Waals surface area (Å²) in [5.41, 5.74) is 8.49. The predicted octanol–water partition coefficient (Wildman–Crippen LogP) is 2.12. The molecule has 0 heterocycles. The molecule has 0 saturated heterocycles. The van der Waals surface area contributed by atoms with Crippen molar-refractivity contribution in [3.63, 3.8) is 0 Å². The van der Waals surface area contributed by atoms with E-state index in [4.69, 9.17) is 10.5 Å². The summed E-state index contributed by atoms with van der Waals surface area (Å²) < 4.78 is 5.39. The highest BCUT2D eigenvalue weighted by atomic mass is 16.5. The first kappa shape index (κ1) is 13.0. The summed E-state index contributed by atoms with van der Waals surface area (Å²) in [6, 6.07) is 3.91. The van der Waals surface area contributed by atoms with Crippen molar-refractivity contribution < 1.29 is 9.84 Å². The van der Waals surface area contributed by atoms with E-state index in [1.807, 2.05) is 19.1 Å². The molecule has 3 N–H and O–H groups in total. The van der Waals surface area contributed by atoms with Crippen LogP contribution in [0.25, 0.3) is 0 Å². The molecule has 1 atom stereocenters. The molecule has 0 aliphatic carbocycles. The molecular formula is C13H21NO2. The maximum atomic E-state index is 9.76. The molecule has 1 rings (SSSR count). The standard InChI is InChI=1S/C13H21NO2/c1-8(2)11-6-10(12(15)7-14)5-9(3)13(11)16-4/h5-6,8,12,15H,7,14H2,1-4H3. The van der Waals surface area contributed by atoms with E-state index < -0.39 is 6.10 Å². The van der Waals surface area contributed by atoms with Crippen molar-refractivity contribution in [3.05, 3.63) is 28.8 Å². The molecule has 0 radical (unpaired) electrons. The lowest BCUT2D eigenvalue weighted by Gasteiger charge is -2.18. The first-order valence-corrected chi connectivity index (χ1v) is 5.57. The number of hydrogen-bond acceptors (Lipinski definition) is 3. The normalized spacial score (nSPS) is 12.9. The molecule has 1 unspecified atom stereocenters. The molecule has 3 nitrogen and oxygen atoms in total. The van der Waals surface area contributed by atoms with Crippen molar-refractivity contribution in [3.8, 4) is 5.75 Å². The van der Waals surface area contributed by atoms with Crippen LogP contribution in [0.15, 0.2) is 12.1 Å². The quantitative estimate of drug-likeness (QED) is 0.822. The van der Waals surface area contributed by atoms with Gasteiger partial charge in [0.05, 0.1) is 13.2 Å². The van der Waals surface area contributed by atoms with Gasteiger partial charge in [0, 0.05) is 6.54 Å². The van der Waals surface area contributed by atoms with Crippen LogP contribution in [0.3, 0.4) is 0 Å². The van der Waals surface area contributed by atoms with E-state index in [2.05, 4.69) is 13.8 Å². The second-order valence-corrected chi connectivity index (χ2v) is 4.37. The lowest BCUT2D eigenvalue weighted by atomic mass is 9.94. The summed E-state index contributed by atoms with van der Waals surface area (Å²) in [6.07, 6.45) is -0.595. The molecule has 0 spiro atoms. The van der Waals surface area contributed by atoms with Gasteiger partial charge in [0.1, 0.15) is 5.75 Å². The first-order valence-electron chi connectivity index (χ1n) is 5.57. The Morgan fingerprint density at radius 1 is 1.38 bits per heavy atom. The van der Waals surface area contributed by atoms with E-state index in [1.165, 1.54) is 0 Å². The Morgan fingerprint density at radius 2 is 2.00 bits per heavy atom. The summed E-state index contributed by atoms with van der Waals surface area (Å²) in [5.74, 6) is 1.27. The van der Waals surface area contributed by atoms with Crippen LogP contribution in [0, 0.1) is 6.92 Å². The monoisotopic (exact) mass is 223 g/mol. The average Bonchev–Trinajstić information content (AvgIpc) is 2.26. The highest BCUT2D eigenvalue weighted by Crippen LogP contribution is 2.32. The van der Waals surface area contributed by atoms with Gasteiger partial charge in [-0.15, -0.1) is 0 Å². The van der Waals surface area contributed by atoms with Crippen molar-refractivity contribution in [2.75, 3.05) is 13.7 Å². The van der Waals surface area contributed by atoms with Crippen LogP contribution in [-0.4, -0.2) is 18.8 Å². The Labute approximate surface area is 97.2 Å². The van der Waals surface area contributed by atoms with Crippen LogP contribution < -0.4 is 10.5 Å². The lowest BCUT2D eigenvalue weighted by Crippen LogP contribution is -2.12. The van der Waals surface area contributed by atoms with Crippen molar-refractivity contribution in [1.29, 1.82) is 0 Å². The lowest BCUT2D eigenvalue weighted by molar-refractivity contribution is 0.186. The highest BCUT2D eigenvalue weighted by molar-refractivity contribution is 5.46. The molecular weight excluding hydrogens is 202 g/mol. The van der Waals surface area contributed by atoms with E-state index in [-0.39, 0.29) is 6.54 Å². The Hall–Kier alpha value is -1.06. The number of aliphatic hydroxyl groups is 1. The van der Waals surface area contributed by atoms with Gasteiger partial charge in [-0.25, -0.2) is 0 Å². The number of methoxy groups -OCH3 is 1. The molecule has 0 aliphatic rings. The SMILES string of the molecule is COc1c(C)cc(C(O)CN)cc1C(C)C. The minimum atomic E-state index is -0.595. The largest absolute Gasteiger partial charge is 0.496 e. The van der Waals surface area contributed by atoms with Crippen LogP contribution in [0.5, 0.6) is 5.75 Å². The third kappa shape index (κ3) is 2.54. The van der Waals surface area contributed by atoms with Crippen LogP contribution in [0.1, 0.15) is 42.6 Å². The zero-order valence-corrected chi connectivity index (χ0v) is 10.4.